The van der Waals surface area contributed by atoms with Crippen molar-refractivity contribution in [2.24, 2.45) is 0 Å². The van der Waals surface area contributed by atoms with Gasteiger partial charge in [-0.25, -0.2) is 0 Å². The van der Waals surface area contributed by atoms with Gasteiger partial charge in [0, 0.05) is 0 Å². The number of carboxylic acids is 1. The average Bonchev–Trinajstić information content (AvgIpc) is 2.50. The molecular weight excluding hydrogens is 326 g/mol. The Hall–Kier alpha value is -2.33. The topological polar surface area (TPSA) is 66.4 Å². The number of aliphatic carboxylic acids is 1. The summed E-state index contributed by atoms with van der Waals surface area (Å²) in [6, 6.07) is 10.3. The number of hydrogen-bond acceptors (Lipinski definition) is 2. The Balaban J connectivity index is 2.33. The van der Waals surface area contributed by atoms with Crippen molar-refractivity contribution >= 4 is 23.5 Å². The second kappa shape index (κ2) is 7.49. The molecule has 0 saturated carbocycles. The van der Waals surface area contributed by atoms with Gasteiger partial charge in [0.2, 0.25) is 0 Å². The molecule has 0 aliphatic heterocycles. The number of aryl methyl sites for hydroxylation is 3. The SMILES string of the molecule is Cc1cc(Cl)c(C(=O)NC(CC(=O)O)c2ccccc2C)cc1C. The van der Waals surface area contributed by atoms with Crippen LogP contribution in [0.5, 0.6) is 0 Å². The van der Waals surface area contributed by atoms with Crippen molar-refractivity contribution in [3.63, 3.8) is 0 Å². The van der Waals surface area contributed by atoms with Crippen molar-refractivity contribution in [1.82, 2.24) is 5.32 Å². The molecular formula is C19H20ClNO3. The zero-order chi connectivity index (χ0) is 17.9. The van der Waals surface area contributed by atoms with E-state index in [1.807, 2.05) is 45.0 Å². The number of amides is 1. The summed E-state index contributed by atoms with van der Waals surface area (Å²) in [5, 5.41) is 12.3. The summed E-state index contributed by atoms with van der Waals surface area (Å²) in [5.41, 5.74) is 4.01. The van der Waals surface area contributed by atoms with E-state index in [0.29, 0.717) is 10.6 Å². The van der Waals surface area contributed by atoms with E-state index in [0.717, 1.165) is 22.3 Å². The summed E-state index contributed by atoms with van der Waals surface area (Å²) >= 11 is 6.19. The first-order chi connectivity index (χ1) is 11.3. The Labute approximate surface area is 146 Å². The molecule has 0 bridgehead atoms. The molecule has 2 aromatic rings. The number of nitrogens with one attached hydrogen (secondary N) is 1. The third-order valence-corrected chi connectivity index (χ3v) is 4.39. The van der Waals surface area contributed by atoms with Crippen LogP contribution in [0.2, 0.25) is 5.02 Å². The molecule has 126 valence electrons. The number of rotatable bonds is 5. The third-order valence-electron chi connectivity index (χ3n) is 4.08. The fourth-order valence-corrected chi connectivity index (χ4v) is 2.89. The zero-order valence-corrected chi connectivity index (χ0v) is 14.6. The number of halogens is 1. The van der Waals surface area contributed by atoms with Crippen LogP contribution in [0, 0.1) is 20.8 Å². The molecule has 2 aromatic carbocycles. The van der Waals surface area contributed by atoms with Gasteiger partial charge in [-0.15, -0.1) is 0 Å². The van der Waals surface area contributed by atoms with Crippen LogP contribution in [0.3, 0.4) is 0 Å². The Morgan fingerprint density at radius 1 is 1.08 bits per heavy atom. The lowest BCUT2D eigenvalue weighted by atomic mass is 9.98. The van der Waals surface area contributed by atoms with Gasteiger partial charge in [0.25, 0.3) is 5.91 Å². The van der Waals surface area contributed by atoms with Crippen LogP contribution < -0.4 is 5.32 Å². The van der Waals surface area contributed by atoms with Gasteiger partial charge in [0.1, 0.15) is 0 Å². The van der Waals surface area contributed by atoms with Crippen LogP contribution in [0.1, 0.15) is 45.1 Å². The van der Waals surface area contributed by atoms with E-state index in [4.69, 9.17) is 11.6 Å². The van der Waals surface area contributed by atoms with E-state index >= 15 is 0 Å². The Kier molecular flexibility index (Phi) is 5.62. The predicted molar refractivity (Wildman–Crippen MR) is 94.6 cm³/mol. The van der Waals surface area contributed by atoms with E-state index in [1.54, 1.807) is 12.1 Å². The highest BCUT2D eigenvalue weighted by atomic mass is 35.5. The number of carboxylic acid groups (broad SMARTS) is 1. The van der Waals surface area contributed by atoms with Crippen LogP contribution in [-0.2, 0) is 4.79 Å². The van der Waals surface area contributed by atoms with E-state index in [1.165, 1.54) is 0 Å². The van der Waals surface area contributed by atoms with Gasteiger partial charge in [-0.2, -0.15) is 0 Å². The monoisotopic (exact) mass is 345 g/mol. The number of benzene rings is 2. The van der Waals surface area contributed by atoms with E-state index < -0.39 is 12.0 Å². The van der Waals surface area contributed by atoms with Crippen molar-refractivity contribution in [3.05, 3.63) is 69.2 Å². The summed E-state index contributed by atoms with van der Waals surface area (Å²) in [4.78, 5) is 23.8. The molecule has 0 saturated heterocycles. The van der Waals surface area contributed by atoms with Crippen molar-refractivity contribution < 1.29 is 14.7 Å². The van der Waals surface area contributed by atoms with Crippen LogP contribution in [0.15, 0.2) is 36.4 Å². The zero-order valence-electron chi connectivity index (χ0n) is 13.9. The van der Waals surface area contributed by atoms with Crippen molar-refractivity contribution in [3.8, 4) is 0 Å². The molecule has 5 heteroatoms. The number of carbonyl (C=O) groups excluding carboxylic acids is 1. The molecule has 2 rings (SSSR count). The Morgan fingerprint density at radius 2 is 1.71 bits per heavy atom. The Morgan fingerprint density at radius 3 is 2.33 bits per heavy atom. The van der Waals surface area contributed by atoms with Gasteiger partial charge in [-0.05, 0) is 55.2 Å². The molecule has 2 N–H and O–H groups in total. The number of carbonyl (C=O) groups is 2. The highest BCUT2D eigenvalue weighted by Gasteiger charge is 2.21. The van der Waals surface area contributed by atoms with Gasteiger partial charge in [-0.1, -0.05) is 35.9 Å². The first kappa shape index (κ1) is 18.0. The second-order valence-corrected chi connectivity index (χ2v) is 6.30. The van der Waals surface area contributed by atoms with E-state index in [2.05, 4.69) is 5.32 Å². The van der Waals surface area contributed by atoms with Crippen LogP contribution in [0.25, 0.3) is 0 Å². The highest BCUT2D eigenvalue weighted by Crippen LogP contribution is 2.24. The molecule has 24 heavy (non-hydrogen) atoms. The second-order valence-electron chi connectivity index (χ2n) is 5.90. The van der Waals surface area contributed by atoms with Gasteiger partial charge in [0.15, 0.2) is 0 Å². The molecule has 0 aliphatic rings. The standard InChI is InChI=1S/C19H20ClNO3/c1-11-6-4-5-7-14(11)17(10-18(22)23)21-19(24)15-8-12(2)13(3)9-16(15)20/h4-9,17H,10H2,1-3H3,(H,21,24)(H,22,23). The molecule has 0 spiro atoms. The number of hydrogen-bond donors (Lipinski definition) is 2. The summed E-state index contributed by atoms with van der Waals surface area (Å²) in [6.45, 7) is 5.71. The fourth-order valence-electron chi connectivity index (χ4n) is 2.58. The summed E-state index contributed by atoms with van der Waals surface area (Å²) in [5.74, 6) is -1.35. The lowest BCUT2D eigenvalue weighted by molar-refractivity contribution is -0.137. The lowest BCUT2D eigenvalue weighted by Crippen LogP contribution is -2.31. The minimum atomic E-state index is -0.977. The summed E-state index contributed by atoms with van der Waals surface area (Å²) < 4.78 is 0. The molecule has 0 aromatic heterocycles. The predicted octanol–water partition coefficient (Wildman–Crippen LogP) is 4.21. The van der Waals surface area contributed by atoms with Crippen molar-refractivity contribution in [2.75, 3.05) is 0 Å². The van der Waals surface area contributed by atoms with E-state index in [-0.39, 0.29) is 12.3 Å². The van der Waals surface area contributed by atoms with Gasteiger partial charge < -0.3 is 10.4 Å². The molecule has 0 radical (unpaired) electrons. The fraction of sp³-hybridized carbons (Fsp3) is 0.263. The molecule has 1 atom stereocenters. The summed E-state index contributed by atoms with van der Waals surface area (Å²) in [7, 11) is 0. The normalized spacial score (nSPS) is 11.8. The molecule has 1 amide bonds. The van der Waals surface area contributed by atoms with Crippen molar-refractivity contribution in [1.29, 1.82) is 0 Å². The van der Waals surface area contributed by atoms with Crippen LogP contribution in [-0.4, -0.2) is 17.0 Å². The van der Waals surface area contributed by atoms with E-state index in [9.17, 15) is 14.7 Å². The molecule has 1 unspecified atom stereocenters. The smallest absolute Gasteiger partial charge is 0.305 e. The van der Waals surface area contributed by atoms with Gasteiger partial charge in [-0.3, -0.25) is 9.59 Å². The largest absolute Gasteiger partial charge is 0.481 e. The molecule has 0 fully saturated rings. The minimum absolute atomic E-state index is 0.195. The molecule has 0 heterocycles. The quantitative estimate of drug-likeness (QED) is 0.853. The van der Waals surface area contributed by atoms with Crippen LogP contribution in [0.4, 0.5) is 0 Å². The summed E-state index contributed by atoms with van der Waals surface area (Å²) in [6.07, 6.45) is -0.195. The Bertz CT molecular complexity index is 786. The lowest BCUT2D eigenvalue weighted by Gasteiger charge is -2.20. The average molecular weight is 346 g/mol. The maximum Gasteiger partial charge on any atom is 0.305 e. The molecule has 4 nitrogen and oxygen atoms in total. The van der Waals surface area contributed by atoms with Gasteiger partial charge >= 0.3 is 5.97 Å². The molecule has 0 aliphatic carbocycles. The maximum absolute atomic E-state index is 12.6. The van der Waals surface area contributed by atoms with Crippen molar-refractivity contribution in [2.45, 2.75) is 33.2 Å². The first-order valence-corrected chi connectivity index (χ1v) is 8.02. The van der Waals surface area contributed by atoms with Crippen LogP contribution >= 0.6 is 11.6 Å². The maximum atomic E-state index is 12.6. The first-order valence-electron chi connectivity index (χ1n) is 7.64. The minimum Gasteiger partial charge on any atom is -0.481 e. The highest BCUT2D eigenvalue weighted by molar-refractivity contribution is 6.34. The van der Waals surface area contributed by atoms with Gasteiger partial charge in [0.05, 0.1) is 23.0 Å². The third kappa shape index (κ3) is 4.15.